The van der Waals surface area contributed by atoms with Gasteiger partial charge in [0, 0.05) is 10.6 Å². The lowest BCUT2D eigenvalue weighted by Crippen LogP contribution is -2.08. The second-order valence-corrected chi connectivity index (χ2v) is 5.84. The first-order valence-corrected chi connectivity index (χ1v) is 7.64. The van der Waals surface area contributed by atoms with Crippen molar-refractivity contribution in [1.29, 1.82) is 0 Å². The molecule has 1 aliphatic heterocycles. The molecule has 0 aromatic heterocycles. The molecular weight excluding hydrogens is 290 g/mol. The second kappa shape index (κ2) is 6.31. The van der Waals surface area contributed by atoms with Gasteiger partial charge in [-0.2, -0.15) is 0 Å². The Morgan fingerprint density at radius 1 is 1.17 bits per heavy atom. The van der Waals surface area contributed by atoms with Crippen molar-refractivity contribution < 1.29 is 9.47 Å². The van der Waals surface area contributed by atoms with Crippen LogP contribution in [0.25, 0.3) is 5.01 Å². The van der Waals surface area contributed by atoms with Crippen molar-refractivity contribution in [2.75, 3.05) is 6.61 Å². The molecule has 0 N–H and O–H groups in total. The molecule has 23 heavy (non-hydrogen) atoms. The third kappa shape index (κ3) is 3.15. The predicted octanol–water partition coefficient (Wildman–Crippen LogP) is 4.31. The Kier molecular flexibility index (Phi) is 4.22. The van der Waals surface area contributed by atoms with Crippen LogP contribution in [0.4, 0.5) is 0 Å². The SMILES string of the molecule is Cc1cc(C#[N+][O-])c(C)c(OCC2OC2c2ccccc2)c1C. The summed E-state index contributed by atoms with van der Waals surface area (Å²) in [6.07, 6.45) is 0.174. The van der Waals surface area contributed by atoms with Crippen molar-refractivity contribution in [2.45, 2.75) is 33.0 Å². The predicted molar refractivity (Wildman–Crippen MR) is 89.9 cm³/mol. The minimum absolute atomic E-state index is 0.0670. The zero-order valence-electron chi connectivity index (χ0n) is 13.5. The summed E-state index contributed by atoms with van der Waals surface area (Å²) in [6.45, 7) is 6.40. The monoisotopic (exact) mass is 309 g/mol. The fraction of sp³-hybridized carbons (Fsp3) is 0.316. The van der Waals surface area contributed by atoms with Crippen LogP contribution in [0.5, 0.6) is 5.75 Å². The van der Waals surface area contributed by atoms with Crippen molar-refractivity contribution in [3.63, 3.8) is 0 Å². The average Bonchev–Trinajstić information content (AvgIpc) is 3.33. The molecule has 1 fully saturated rings. The lowest BCUT2D eigenvalue weighted by Gasteiger charge is -2.14. The quantitative estimate of drug-likeness (QED) is 0.624. The van der Waals surface area contributed by atoms with E-state index in [1.54, 1.807) is 0 Å². The molecule has 2 atom stereocenters. The highest BCUT2D eigenvalue weighted by atomic mass is 16.6. The number of aryl methyl sites for hydroxylation is 1. The molecule has 2 aromatic carbocycles. The normalized spacial score (nSPS) is 18.9. The second-order valence-electron chi connectivity index (χ2n) is 5.84. The highest BCUT2D eigenvalue weighted by Gasteiger charge is 2.40. The van der Waals surface area contributed by atoms with E-state index in [1.807, 2.05) is 45.0 Å². The maximum Gasteiger partial charge on any atom is 0.337 e. The van der Waals surface area contributed by atoms with Gasteiger partial charge in [-0.3, -0.25) is 0 Å². The molecule has 1 heterocycles. The number of hydrogen-bond donors (Lipinski definition) is 0. The van der Waals surface area contributed by atoms with Gasteiger partial charge in [-0.05, 0) is 43.5 Å². The molecule has 0 radical (unpaired) electrons. The Balaban J connectivity index is 1.73. The van der Waals surface area contributed by atoms with E-state index in [1.165, 1.54) is 5.56 Å². The summed E-state index contributed by atoms with van der Waals surface area (Å²) in [5.41, 5.74) is 4.84. The van der Waals surface area contributed by atoms with Gasteiger partial charge in [-0.15, -0.1) is 0 Å². The first-order chi connectivity index (χ1) is 11.1. The molecule has 0 spiro atoms. The Morgan fingerprint density at radius 2 is 1.91 bits per heavy atom. The van der Waals surface area contributed by atoms with Crippen LogP contribution < -0.4 is 4.74 Å². The number of hydrogen-bond acceptors (Lipinski definition) is 3. The summed E-state index contributed by atoms with van der Waals surface area (Å²) in [5, 5.41) is 13.2. The molecule has 4 heteroatoms. The van der Waals surface area contributed by atoms with Crippen LogP contribution in [-0.2, 0) is 4.74 Å². The molecule has 1 saturated heterocycles. The zero-order valence-corrected chi connectivity index (χ0v) is 13.5. The molecule has 0 bridgehead atoms. The molecule has 2 unspecified atom stereocenters. The van der Waals surface area contributed by atoms with Gasteiger partial charge in [0.2, 0.25) is 0 Å². The van der Waals surface area contributed by atoms with Gasteiger partial charge in [0.15, 0.2) is 0 Å². The summed E-state index contributed by atoms with van der Waals surface area (Å²) in [6, 6.07) is 14.5. The van der Waals surface area contributed by atoms with Crippen LogP contribution in [0.3, 0.4) is 0 Å². The summed E-state index contributed by atoms with van der Waals surface area (Å²) >= 11 is 0. The van der Waals surface area contributed by atoms with Gasteiger partial charge in [-0.1, -0.05) is 30.3 Å². The van der Waals surface area contributed by atoms with Crippen LogP contribution in [0.1, 0.15) is 33.9 Å². The molecule has 0 aliphatic carbocycles. The maximum absolute atomic E-state index is 10.5. The van der Waals surface area contributed by atoms with Crippen LogP contribution in [0, 0.1) is 32.0 Å². The average molecular weight is 309 g/mol. The molecular formula is C19H19NO3. The molecule has 3 rings (SSSR count). The first kappa shape index (κ1) is 15.4. The van der Waals surface area contributed by atoms with Gasteiger partial charge < -0.3 is 14.7 Å². The van der Waals surface area contributed by atoms with Crippen LogP contribution in [0.2, 0.25) is 0 Å². The molecule has 0 saturated carbocycles. The third-order valence-corrected chi connectivity index (χ3v) is 4.31. The fourth-order valence-corrected chi connectivity index (χ4v) is 2.77. The Labute approximate surface area is 136 Å². The number of rotatable bonds is 4. The van der Waals surface area contributed by atoms with Gasteiger partial charge in [0.05, 0.1) is 0 Å². The lowest BCUT2D eigenvalue weighted by atomic mass is 10.00. The Hall–Kier alpha value is -2.51. The van der Waals surface area contributed by atoms with E-state index in [2.05, 4.69) is 23.2 Å². The molecule has 2 aromatic rings. The van der Waals surface area contributed by atoms with E-state index >= 15 is 0 Å². The Morgan fingerprint density at radius 3 is 2.61 bits per heavy atom. The number of benzene rings is 2. The maximum atomic E-state index is 10.5. The van der Waals surface area contributed by atoms with Crippen LogP contribution in [-0.4, -0.2) is 12.7 Å². The standard InChI is InChI=1S/C19H19NO3/c1-12-9-16(10-20-21)14(3)18(13(12)2)22-11-17-19(23-17)15-7-5-4-6-8-15/h4-9,17,19H,11H2,1-3H3. The van der Waals surface area contributed by atoms with Crippen molar-refractivity contribution in [3.8, 4) is 11.8 Å². The van der Waals surface area contributed by atoms with Crippen molar-refractivity contribution in [2.24, 2.45) is 0 Å². The summed E-state index contributed by atoms with van der Waals surface area (Å²) in [7, 11) is 0. The van der Waals surface area contributed by atoms with Crippen LogP contribution in [0.15, 0.2) is 36.4 Å². The molecule has 118 valence electrons. The highest BCUT2D eigenvalue weighted by Crippen LogP contribution is 2.39. The number of ether oxygens (including phenoxy) is 2. The van der Waals surface area contributed by atoms with Crippen LogP contribution >= 0.6 is 0 Å². The first-order valence-electron chi connectivity index (χ1n) is 7.64. The zero-order chi connectivity index (χ0) is 16.4. The number of nitrogens with zero attached hydrogens (tertiary/aromatic N) is 1. The topological polar surface area (TPSA) is 49.2 Å². The minimum Gasteiger partial charge on any atom is -0.498 e. The van der Waals surface area contributed by atoms with Gasteiger partial charge >= 0.3 is 6.07 Å². The third-order valence-electron chi connectivity index (χ3n) is 4.31. The summed E-state index contributed by atoms with van der Waals surface area (Å²) < 4.78 is 11.7. The molecule has 0 amide bonds. The van der Waals surface area contributed by atoms with Crippen molar-refractivity contribution in [1.82, 2.24) is 0 Å². The largest absolute Gasteiger partial charge is 0.498 e. The highest BCUT2D eigenvalue weighted by molar-refractivity contribution is 5.54. The summed E-state index contributed by atoms with van der Waals surface area (Å²) in [4.78, 5) is 0. The van der Waals surface area contributed by atoms with E-state index in [4.69, 9.17) is 9.47 Å². The lowest BCUT2D eigenvalue weighted by molar-refractivity contribution is 0.257. The minimum atomic E-state index is 0.0670. The van der Waals surface area contributed by atoms with Gasteiger partial charge in [0.25, 0.3) is 0 Å². The van der Waals surface area contributed by atoms with E-state index in [0.29, 0.717) is 12.2 Å². The van der Waals surface area contributed by atoms with Crippen molar-refractivity contribution >= 4 is 0 Å². The van der Waals surface area contributed by atoms with Gasteiger partial charge in [0.1, 0.15) is 30.1 Å². The smallest absolute Gasteiger partial charge is 0.337 e. The fourth-order valence-electron chi connectivity index (χ4n) is 2.77. The van der Waals surface area contributed by atoms with E-state index in [9.17, 15) is 5.21 Å². The Bertz CT molecular complexity index is 775. The number of epoxide rings is 1. The van der Waals surface area contributed by atoms with Gasteiger partial charge in [-0.25, -0.2) is 0 Å². The molecule has 4 nitrogen and oxygen atoms in total. The van der Waals surface area contributed by atoms with Crippen molar-refractivity contribution in [3.05, 3.63) is 74.4 Å². The molecule has 1 aliphatic rings. The van der Waals surface area contributed by atoms with E-state index in [-0.39, 0.29) is 12.2 Å². The van der Waals surface area contributed by atoms with E-state index in [0.717, 1.165) is 22.4 Å². The van der Waals surface area contributed by atoms with E-state index < -0.39 is 0 Å². The summed E-state index contributed by atoms with van der Waals surface area (Å²) in [5.74, 6) is 0.790.